The Hall–Kier alpha value is -3.06. The number of aliphatic carboxylic acids is 1. The lowest BCUT2D eigenvalue weighted by atomic mass is 9.82. The van der Waals surface area contributed by atoms with Crippen molar-refractivity contribution in [1.29, 1.82) is 0 Å². The van der Waals surface area contributed by atoms with Crippen molar-refractivity contribution in [2.24, 2.45) is 5.92 Å². The molecule has 206 valence electrons. The first-order valence-electron chi connectivity index (χ1n) is 14.1. The number of rotatable bonds is 13. The summed E-state index contributed by atoms with van der Waals surface area (Å²) in [5.74, 6) is 0.0326. The molecule has 0 radical (unpaired) electrons. The molecule has 2 heterocycles. The molecule has 7 heteroatoms. The zero-order valence-electron chi connectivity index (χ0n) is 23.0. The third-order valence-corrected chi connectivity index (χ3v) is 8.05. The Kier molecular flexibility index (Phi) is 9.67. The molecular weight excluding hydrogens is 480 g/mol. The second-order valence-electron chi connectivity index (χ2n) is 10.5. The average molecular weight is 523 g/mol. The van der Waals surface area contributed by atoms with E-state index in [4.69, 9.17) is 9.47 Å². The van der Waals surface area contributed by atoms with E-state index in [9.17, 15) is 14.7 Å². The van der Waals surface area contributed by atoms with Gasteiger partial charge in [0.15, 0.2) is 0 Å². The summed E-state index contributed by atoms with van der Waals surface area (Å²) in [5, 5.41) is 10.5. The number of carboxylic acid groups (broad SMARTS) is 1. The molecule has 3 atom stereocenters. The summed E-state index contributed by atoms with van der Waals surface area (Å²) in [6.07, 6.45) is 5.34. The third-order valence-electron chi connectivity index (χ3n) is 8.05. The van der Waals surface area contributed by atoms with Crippen LogP contribution in [-0.2, 0) is 22.4 Å². The maximum Gasteiger partial charge on any atom is 0.308 e. The van der Waals surface area contributed by atoms with E-state index in [1.54, 1.807) is 7.11 Å². The summed E-state index contributed by atoms with van der Waals surface area (Å²) in [5.41, 5.74) is 3.10. The van der Waals surface area contributed by atoms with Crippen molar-refractivity contribution < 1.29 is 24.2 Å². The van der Waals surface area contributed by atoms with Crippen LogP contribution in [0, 0.1) is 5.92 Å². The monoisotopic (exact) mass is 522 g/mol. The number of ether oxygens (including phenoxy) is 2. The lowest BCUT2D eigenvalue weighted by Gasteiger charge is -2.30. The van der Waals surface area contributed by atoms with E-state index in [1.807, 2.05) is 41.3 Å². The standard InChI is InChI=1S/C31H42N2O5/c1-4-6-15-32(16-7-5-2)29(34)21-33-20-25(22-12-13-28-24(18-22)14-17-38-28)30(31(35)36)26(33)19-23-10-8-9-11-27(23)37-3/h8-13,18,25-26,30H,4-7,14-17,19-21H2,1-3H3,(H,35,36)/t25-,26+,30?/m1/s1. The fraction of sp³-hybridized carbons (Fsp3) is 0.548. The molecule has 1 fully saturated rings. The van der Waals surface area contributed by atoms with Crippen molar-refractivity contribution in [3.05, 3.63) is 59.2 Å². The van der Waals surface area contributed by atoms with Gasteiger partial charge in [0.05, 0.1) is 26.2 Å². The molecule has 2 aromatic carbocycles. The second-order valence-corrected chi connectivity index (χ2v) is 10.5. The topological polar surface area (TPSA) is 79.3 Å². The zero-order valence-corrected chi connectivity index (χ0v) is 23.0. The fourth-order valence-electron chi connectivity index (χ4n) is 5.95. The SMILES string of the molecule is CCCCN(CCCC)C(=O)CN1C[C@H](c2ccc3c(c2)CCO3)C(C(=O)O)[C@@H]1Cc1ccccc1OC. The number of unbranched alkanes of at least 4 members (excludes halogenated alkanes) is 2. The number of carbonyl (C=O) groups excluding carboxylic acids is 1. The second kappa shape index (κ2) is 13.1. The number of carbonyl (C=O) groups is 2. The van der Waals surface area contributed by atoms with Crippen LogP contribution in [0.25, 0.3) is 0 Å². The summed E-state index contributed by atoms with van der Waals surface area (Å²) in [6, 6.07) is 13.5. The lowest BCUT2D eigenvalue weighted by molar-refractivity contribution is -0.143. The Balaban J connectivity index is 1.66. The summed E-state index contributed by atoms with van der Waals surface area (Å²) in [4.78, 5) is 30.5. The number of para-hydroxylation sites is 1. The quantitative estimate of drug-likeness (QED) is 0.408. The number of nitrogens with zero attached hydrogens (tertiary/aromatic N) is 2. The first-order valence-corrected chi connectivity index (χ1v) is 14.1. The maximum atomic E-state index is 13.6. The van der Waals surface area contributed by atoms with Gasteiger partial charge in [-0.15, -0.1) is 0 Å². The van der Waals surface area contributed by atoms with Crippen molar-refractivity contribution in [2.45, 2.75) is 64.3 Å². The highest BCUT2D eigenvalue weighted by Gasteiger charge is 2.47. The van der Waals surface area contributed by atoms with E-state index in [0.29, 0.717) is 19.6 Å². The number of fused-ring (bicyclic) bond motifs is 1. The zero-order chi connectivity index (χ0) is 27.1. The molecule has 0 aromatic heterocycles. The van der Waals surface area contributed by atoms with Crippen molar-refractivity contribution in [3.8, 4) is 11.5 Å². The van der Waals surface area contributed by atoms with Gasteiger partial charge in [0.1, 0.15) is 11.5 Å². The third kappa shape index (κ3) is 6.32. The van der Waals surface area contributed by atoms with Crippen LogP contribution >= 0.6 is 0 Å². The van der Waals surface area contributed by atoms with Gasteiger partial charge in [0, 0.05) is 38.0 Å². The molecule has 1 unspecified atom stereocenters. The molecule has 0 aliphatic carbocycles. The maximum absolute atomic E-state index is 13.6. The minimum absolute atomic E-state index is 0.0871. The number of amides is 1. The number of hydrogen-bond donors (Lipinski definition) is 1. The minimum Gasteiger partial charge on any atom is -0.496 e. The Morgan fingerprint density at radius 3 is 2.53 bits per heavy atom. The number of likely N-dealkylation sites (tertiary alicyclic amines) is 1. The molecule has 1 amide bonds. The van der Waals surface area contributed by atoms with Crippen LogP contribution in [0.1, 0.15) is 62.1 Å². The van der Waals surface area contributed by atoms with E-state index in [2.05, 4.69) is 24.8 Å². The highest BCUT2D eigenvalue weighted by molar-refractivity contribution is 5.79. The Labute approximate surface area is 226 Å². The highest BCUT2D eigenvalue weighted by atomic mass is 16.5. The molecule has 1 saturated heterocycles. The molecule has 0 saturated carbocycles. The number of methoxy groups -OCH3 is 1. The minimum atomic E-state index is -0.824. The molecular formula is C31H42N2O5. The number of benzene rings is 2. The molecule has 2 aromatic rings. The van der Waals surface area contributed by atoms with Crippen molar-refractivity contribution in [3.63, 3.8) is 0 Å². The van der Waals surface area contributed by atoms with Gasteiger partial charge in [-0.05, 0) is 48.1 Å². The van der Waals surface area contributed by atoms with Crippen LogP contribution in [0.5, 0.6) is 11.5 Å². The summed E-state index contributed by atoms with van der Waals surface area (Å²) in [7, 11) is 1.64. The van der Waals surface area contributed by atoms with Gasteiger partial charge in [-0.3, -0.25) is 14.5 Å². The predicted octanol–water partition coefficient (Wildman–Crippen LogP) is 4.77. The van der Waals surface area contributed by atoms with Gasteiger partial charge < -0.3 is 19.5 Å². The summed E-state index contributed by atoms with van der Waals surface area (Å²) in [6.45, 7) is 7.17. The van der Waals surface area contributed by atoms with Crippen LogP contribution in [0.2, 0.25) is 0 Å². The van der Waals surface area contributed by atoms with Crippen molar-refractivity contribution in [2.75, 3.05) is 39.9 Å². The first kappa shape index (κ1) is 28.0. The Bertz CT molecular complexity index is 1100. The Morgan fingerprint density at radius 1 is 1.11 bits per heavy atom. The van der Waals surface area contributed by atoms with Gasteiger partial charge >= 0.3 is 5.97 Å². The predicted molar refractivity (Wildman–Crippen MR) is 148 cm³/mol. The van der Waals surface area contributed by atoms with Crippen molar-refractivity contribution >= 4 is 11.9 Å². The molecule has 2 aliphatic heterocycles. The molecule has 0 spiro atoms. The normalized spacial score (nSPS) is 20.7. The first-order chi connectivity index (χ1) is 18.5. The van der Waals surface area contributed by atoms with Gasteiger partial charge in [-0.25, -0.2) is 0 Å². The van der Waals surface area contributed by atoms with Crippen molar-refractivity contribution in [1.82, 2.24) is 9.80 Å². The van der Waals surface area contributed by atoms with Crippen LogP contribution < -0.4 is 9.47 Å². The summed E-state index contributed by atoms with van der Waals surface area (Å²) < 4.78 is 11.3. The largest absolute Gasteiger partial charge is 0.496 e. The van der Waals surface area contributed by atoms with E-state index >= 15 is 0 Å². The van der Waals surface area contributed by atoms with E-state index < -0.39 is 11.9 Å². The Morgan fingerprint density at radius 2 is 1.84 bits per heavy atom. The molecule has 7 nitrogen and oxygen atoms in total. The number of carboxylic acids is 1. The van der Waals surface area contributed by atoms with Crippen LogP contribution in [0.15, 0.2) is 42.5 Å². The van der Waals surface area contributed by atoms with Gasteiger partial charge in [0.2, 0.25) is 5.91 Å². The number of hydrogen-bond acceptors (Lipinski definition) is 5. The van der Waals surface area contributed by atoms with Gasteiger partial charge in [0.25, 0.3) is 0 Å². The smallest absolute Gasteiger partial charge is 0.308 e. The van der Waals surface area contributed by atoms with E-state index in [-0.39, 0.29) is 24.4 Å². The summed E-state index contributed by atoms with van der Waals surface area (Å²) >= 11 is 0. The molecule has 2 aliphatic rings. The molecule has 0 bridgehead atoms. The molecule has 1 N–H and O–H groups in total. The van der Waals surface area contributed by atoms with E-state index in [1.165, 1.54) is 0 Å². The fourth-order valence-corrected chi connectivity index (χ4v) is 5.95. The molecule has 4 rings (SSSR count). The van der Waals surface area contributed by atoms with Gasteiger partial charge in [-0.2, -0.15) is 0 Å². The van der Waals surface area contributed by atoms with E-state index in [0.717, 1.165) is 73.4 Å². The van der Waals surface area contributed by atoms with Crippen LogP contribution in [0.3, 0.4) is 0 Å². The van der Waals surface area contributed by atoms with Crippen LogP contribution in [0.4, 0.5) is 0 Å². The van der Waals surface area contributed by atoms with Crippen LogP contribution in [-0.4, -0.2) is 72.7 Å². The lowest BCUT2D eigenvalue weighted by Crippen LogP contribution is -2.45. The molecule has 38 heavy (non-hydrogen) atoms. The average Bonchev–Trinajstić information content (AvgIpc) is 3.53. The van der Waals surface area contributed by atoms with Gasteiger partial charge in [-0.1, -0.05) is 57.0 Å². The highest BCUT2D eigenvalue weighted by Crippen LogP contribution is 2.41.